The van der Waals surface area contributed by atoms with Crippen LogP contribution in [0.4, 0.5) is 18.9 Å². The van der Waals surface area contributed by atoms with Crippen LogP contribution in [0, 0.1) is 0 Å². The molecule has 6 heteroatoms. The van der Waals surface area contributed by atoms with Crippen molar-refractivity contribution in [3.8, 4) is 5.75 Å². The third-order valence-electron chi connectivity index (χ3n) is 2.66. The molecule has 0 bridgehead atoms. The maximum absolute atomic E-state index is 12.1. The summed E-state index contributed by atoms with van der Waals surface area (Å²) in [6.07, 6.45) is -4.25. The highest BCUT2D eigenvalue weighted by molar-refractivity contribution is 9.10. The van der Waals surface area contributed by atoms with Gasteiger partial charge in [0.1, 0.15) is 5.75 Å². The number of hydrogen-bond acceptors (Lipinski definition) is 2. The van der Waals surface area contributed by atoms with Crippen molar-refractivity contribution in [2.45, 2.75) is 38.4 Å². The van der Waals surface area contributed by atoms with Gasteiger partial charge in [0.25, 0.3) is 0 Å². The zero-order valence-corrected chi connectivity index (χ0v) is 12.4. The molecule has 1 atom stereocenters. The molecular formula is C13H17BrF3NO. The van der Waals surface area contributed by atoms with E-state index in [1.54, 1.807) is 13.2 Å². The molecule has 0 aliphatic rings. The average Bonchev–Trinajstić information content (AvgIpc) is 2.27. The first-order valence-corrected chi connectivity index (χ1v) is 6.78. The van der Waals surface area contributed by atoms with Gasteiger partial charge in [-0.05, 0) is 38.0 Å². The molecule has 1 N–H and O–H groups in total. The Labute approximate surface area is 119 Å². The van der Waals surface area contributed by atoms with E-state index in [2.05, 4.69) is 21.2 Å². The summed E-state index contributed by atoms with van der Waals surface area (Å²) in [5, 5.41) is 3.17. The number of rotatable bonds is 6. The van der Waals surface area contributed by atoms with E-state index >= 15 is 0 Å². The SMILES string of the molecule is COc1ccc(Br)cc1NC(C)CCCC(F)(F)F. The monoisotopic (exact) mass is 339 g/mol. The summed E-state index contributed by atoms with van der Waals surface area (Å²) in [6, 6.07) is 5.44. The minimum Gasteiger partial charge on any atom is -0.495 e. The number of alkyl halides is 3. The van der Waals surface area contributed by atoms with Gasteiger partial charge < -0.3 is 10.1 Å². The number of methoxy groups -OCH3 is 1. The van der Waals surface area contributed by atoms with Crippen LogP contribution < -0.4 is 10.1 Å². The van der Waals surface area contributed by atoms with Gasteiger partial charge in [-0.15, -0.1) is 0 Å². The Kier molecular flexibility index (Phi) is 5.97. The highest BCUT2D eigenvalue weighted by Crippen LogP contribution is 2.29. The molecule has 2 nitrogen and oxygen atoms in total. The van der Waals surface area contributed by atoms with Gasteiger partial charge in [0, 0.05) is 16.9 Å². The molecule has 0 aliphatic heterocycles. The van der Waals surface area contributed by atoms with E-state index in [0.717, 1.165) is 10.2 Å². The van der Waals surface area contributed by atoms with Crippen molar-refractivity contribution >= 4 is 21.6 Å². The Bertz CT molecular complexity index is 409. The second kappa shape index (κ2) is 7.03. The van der Waals surface area contributed by atoms with Crippen LogP contribution in [0.25, 0.3) is 0 Å². The van der Waals surface area contributed by atoms with Crippen molar-refractivity contribution in [3.63, 3.8) is 0 Å². The summed E-state index contributed by atoms with van der Waals surface area (Å²) in [7, 11) is 1.56. The standard InChI is InChI=1S/C13H17BrF3NO/c1-9(4-3-7-13(15,16)17)18-11-8-10(14)5-6-12(11)19-2/h5-6,8-9,18H,3-4,7H2,1-2H3. The van der Waals surface area contributed by atoms with Crippen molar-refractivity contribution in [3.05, 3.63) is 22.7 Å². The second-order valence-electron chi connectivity index (χ2n) is 4.40. The van der Waals surface area contributed by atoms with Crippen LogP contribution in [0.2, 0.25) is 0 Å². The van der Waals surface area contributed by atoms with Crippen molar-refractivity contribution in [2.24, 2.45) is 0 Å². The summed E-state index contributed by atoms with van der Waals surface area (Å²) >= 11 is 3.35. The summed E-state index contributed by atoms with van der Waals surface area (Å²) in [5.74, 6) is 0.672. The summed E-state index contributed by atoms with van der Waals surface area (Å²) in [5.41, 5.74) is 0.774. The lowest BCUT2D eigenvalue weighted by Crippen LogP contribution is -2.17. The normalized spacial score (nSPS) is 13.2. The van der Waals surface area contributed by atoms with Crippen LogP contribution in [0.5, 0.6) is 5.75 Å². The maximum Gasteiger partial charge on any atom is 0.389 e. The number of halogens is 4. The number of anilines is 1. The van der Waals surface area contributed by atoms with Crippen LogP contribution >= 0.6 is 15.9 Å². The quantitative estimate of drug-likeness (QED) is 0.788. The van der Waals surface area contributed by atoms with Crippen molar-refractivity contribution < 1.29 is 17.9 Å². The van der Waals surface area contributed by atoms with E-state index in [1.807, 2.05) is 19.1 Å². The molecule has 0 spiro atoms. The van der Waals surface area contributed by atoms with E-state index in [1.165, 1.54) is 0 Å². The van der Waals surface area contributed by atoms with Gasteiger partial charge >= 0.3 is 6.18 Å². The molecule has 0 heterocycles. The van der Waals surface area contributed by atoms with Crippen LogP contribution in [-0.2, 0) is 0 Å². The second-order valence-corrected chi connectivity index (χ2v) is 5.31. The highest BCUT2D eigenvalue weighted by Gasteiger charge is 2.26. The first-order valence-electron chi connectivity index (χ1n) is 5.98. The highest BCUT2D eigenvalue weighted by atomic mass is 79.9. The van der Waals surface area contributed by atoms with Crippen LogP contribution in [0.15, 0.2) is 22.7 Å². The Morgan fingerprint density at radius 2 is 2.05 bits per heavy atom. The Hall–Kier alpha value is -0.910. The van der Waals surface area contributed by atoms with E-state index in [0.29, 0.717) is 12.2 Å². The first kappa shape index (κ1) is 16.1. The largest absolute Gasteiger partial charge is 0.495 e. The van der Waals surface area contributed by atoms with Gasteiger partial charge in [0.05, 0.1) is 12.8 Å². The summed E-state index contributed by atoms with van der Waals surface area (Å²) in [4.78, 5) is 0. The summed E-state index contributed by atoms with van der Waals surface area (Å²) in [6.45, 7) is 1.86. The third kappa shape index (κ3) is 6.18. The molecule has 0 amide bonds. The van der Waals surface area contributed by atoms with Crippen LogP contribution in [0.1, 0.15) is 26.2 Å². The summed E-state index contributed by atoms with van der Waals surface area (Å²) < 4.78 is 42.3. The lowest BCUT2D eigenvalue weighted by molar-refractivity contribution is -0.135. The molecule has 19 heavy (non-hydrogen) atoms. The number of hydrogen-bond donors (Lipinski definition) is 1. The van der Waals surface area contributed by atoms with Gasteiger partial charge in [0.15, 0.2) is 0 Å². The molecule has 1 aromatic carbocycles. The van der Waals surface area contributed by atoms with Crippen LogP contribution in [0.3, 0.4) is 0 Å². The zero-order chi connectivity index (χ0) is 14.5. The minimum atomic E-state index is -4.08. The van der Waals surface area contributed by atoms with Gasteiger partial charge in [-0.2, -0.15) is 13.2 Å². The van der Waals surface area contributed by atoms with Gasteiger partial charge in [0.2, 0.25) is 0 Å². The molecule has 0 saturated heterocycles. The predicted molar refractivity (Wildman–Crippen MR) is 73.7 cm³/mol. The van der Waals surface area contributed by atoms with E-state index in [9.17, 15) is 13.2 Å². The molecule has 0 aromatic heterocycles. The molecule has 108 valence electrons. The Morgan fingerprint density at radius 3 is 2.63 bits per heavy atom. The lowest BCUT2D eigenvalue weighted by atomic mass is 10.1. The van der Waals surface area contributed by atoms with Crippen molar-refractivity contribution in [1.29, 1.82) is 0 Å². The fourth-order valence-corrected chi connectivity index (χ4v) is 2.10. The molecule has 1 rings (SSSR count). The van der Waals surface area contributed by atoms with Crippen molar-refractivity contribution in [2.75, 3.05) is 12.4 Å². The average molecular weight is 340 g/mol. The van der Waals surface area contributed by atoms with E-state index in [4.69, 9.17) is 4.74 Å². The fraction of sp³-hybridized carbons (Fsp3) is 0.538. The van der Waals surface area contributed by atoms with Gasteiger partial charge in [-0.1, -0.05) is 15.9 Å². The first-order chi connectivity index (χ1) is 8.81. The fourth-order valence-electron chi connectivity index (χ4n) is 1.74. The third-order valence-corrected chi connectivity index (χ3v) is 3.15. The minimum absolute atomic E-state index is 0.0504. The Morgan fingerprint density at radius 1 is 1.37 bits per heavy atom. The zero-order valence-electron chi connectivity index (χ0n) is 10.9. The number of nitrogens with one attached hydrogen (secondary N) is 1. The topological polar surface area (TPSA) is 21.3 Å². The molecule has 0 radical (unpaired) electrons. The van der Waals surface area contributed by atoms with E-state index < -0.39 is 12.6 Å². The van der Waals surface area contributed by atoms with Gasteiger partial charge in [-0.25, -0.2) is 0 Å². The van der Waals surface area contributed by atoms with Gasteiger partial charge in [-0.3, -0.25) is 0 Å². The predicted octanol–water partition coefficient (Wildman–Crippen LogP) is 4.99. The Balaban J connectivity index is 2.52. The molecule has 0 saturated carbocycles. The molecule has 1 unspecified atom stereocenters. The lowest BCUT2D eigenvalue weighted by Gasteiger charge is -2.18. The maximum atomic E-state index is 12.1. The molecular weight excluding hydrogens is 323 g/mol. The van der Waals surface area contributed by atoms with Crippen LogP contribution in [-0.4, -0.2) is 19.3 Å². The number of ether oxygens (including phenoxy) is 1. The molecule has 0 fully saturated rings. The van der Waals surface area contributed by atoms with Crippen molar-refractivity contribution in [1.82, 2.24) is 0 Å². The smallest absolute Gasteiger partial charge is 0.389 e. The number of benzene rings is 1. The molecule has 0 aliphatic carbocycles. The molecule has 1 aromatic rings. The van der Waals surface area contributed by atoms with E-state index in [-0.39, 0.29) is 12.5 Å².